The van der Waals surface area contributed by atoms with Gasteiger partial charge in [0.05, 0.1) is 27.7 Å². The molecule has 1 aliphatic rings. The smallest absolute Gasteiger partial charge is 0.257 e. The van der Waals surface area contributed by atoms with Crippen LogP contribution in [0, 0.1) is 0 Å². The number of aromatic nitrogens is 2. The molecule has 1 aliphatic heterocycles. The summed E-state index contributed by atoms with van der Waals surface area (Å²) < 4.78 is 0. The summed E-state index contributed by atoms with van der Waals surface area (Å²) in [5, 5.41) is 0.799. The van der Waals surface area contributed by atoms with Crippen molar-refractivity contribution >= 4 is 22.8 Å². The van der Waals surface area contributed by atoms with Gasteiger partial charge in [0.15, 0.2) is 0 Å². The van der Waals surface area contributed by atoms with Gasteiger partial charge in [0.25, 0.3) is 11.8 Å². The number of hydrogen-bond acceptors (Lipinski definition) is 3. The van der Waals surface area contributed by atoms with Crippen LogP contribution in [0.15, 0.2) is 54.9 Å². The number of nitrogens with one attached hydrogen (secondary N) is 1. The fourth-order valence-corrected chi connectivity index (χ4v) is 5.47. The molecule has 3 heterocycles. The van der Waals surface area contributed by atoms with Crippen LogP contribution in [-0.2, 0) is 0 Å². The molecule has 6 heteroatoms. The number of benzene rings is 1. The highest BCUT2D eigenvalue weighted by Crippen LogP contribution is 2.52. The van der Waals surface area contributed by atoms with E-state index in [4.69, 9.17) is 0 Å². The predicted octanol–water partition coefficient (Wildman–Crippen LogP) is 5.28. The molecule has 2 amide bonds. The molecular formula is C27H34N4O2. The number of carbonyl (C=O) groups is 2. The highest BCUT2D eigenvalue weighted by Gasteiger charge is 2.66. The van der Waals surface area contributed by atoms with E-state index in [2.05, 4.69) is 65.4 Å². The molecule has 2 aromatic heterocycles. The molecule has 1 N–H and O–H groups in total. The maximum absolute atomic E-state index is 14.2. The summed E-state index contributed by atoms with van der Waals surface area (Å²) in [5.74, 6) is -0.104. The zero-order valence-corrected chi connectivity index (χ0v) is 20.9. The van der Waals surface area contributed by atoms with Gasteiger partial charge < -0.3 is 14.8 Å². The summed E-state index contributed by atoms with van der Waals surface area (Å²) in [4.78, 5) is 39.5. The molecule has 0 spiro atoms. The van der Waals surface area contributed by atoms with Gasteiger partial charge in [-0.3, -0.25) is 9.59 Å². The van der Waals surface area contributed by atoms with Crippen LogP contribution in [0.2, 0.25) is 0 Å². The molecule has 1 fully saturated rings. The molecule has 1 saturated heterocycles. The summed E-state index contributed by atoms with van der Waals surface area (Å²) in [6.45, 7) is 16.5. The molecule has 0 saturated carbocycles. The van der Waals surface area contributed by atoms with E-state index in [1.54, 1.807) is 12.4 Å². The number of nitrogens with zero attached hydrogens (tertiary/aromatic N) is 3. The van der Waals surface area contributed by atoms with E-state index in [0.29, 0.717) is 16.8 Å². The standard InChI is InChI=1S/C27H34N4O2/c1-24(2)26(5,6)31(23(33)20-17-29-21-19(20)15-12-16-28-21)27(7,8)25(3,4)30(24)22(32)18-13-10-9-11-14-18/h9-17H,1-8H3,(H,28,29). The zero-order chi connectivity index (χ0) is 24.4. The number of hydrogen-bond donors (Lipinski definition) is 1. The molecule has 0 radical (unpaired) electrons. The van der Waals surface area contributed by atoms with Crippen LogP contribution in [0.5, 0.6) is 0 Å². The van der Waals surface area contributed by atoms with E-state index >= 15 is 0 Å². The van der Waals surface area contributed by atoms with Crippen molar-refractivity contribution < 1.29 is 9.59 Å². The minimum Gasteiger partial charge on any atom is -0.345 e. The zero-order valence-electron chi connectivity index (χ0n) is 20.9. The molecular weight excluding hydrogens is 412 g/mol. The van der Waals surface area contributed by atoms with Gasteiger partial charge in [0, 0.05) is 23.3 Å². The van der Waals surface area contributed by atoms with Crippen molar-refractivity contribution in [3.63, 3.8) is 0 Å². The second-order valence-electron chi connectivity index (χ2n) is 11.0. The lowest BCUT2D eigenvalue weighted by molar-refractivity contribution is -0.170. The molecule has 1 aromatic carbocycles. The van der Waals surface area contributed by atoms with Gasteiger partial charge in [-0.2, -0.15) is 0 Å². The quantitative estimate of drug-likeness (QED) is 0.583. The minimum atomic E-state index is -0.681. The Bertz CT molecular complexity index is 1190. The first-order valence-corrected chi connectivity index (χ1v) is 11.4. The normalized spacial score (nSPS) is 20.6. The van der Waals surface area contributed by atoms with Gasteiger partial charge >= 0.3 is 0 Å². The average Bonchev–Trinajstić information content (AvgIpc) is 3.17. The fourth-order valence-electron chi connectivity index (χ4n) is 5.47. The van der Waals surface area contributed by atoms with E-state index < -0.39 is 22.2 Å². The SMILES string of the molecule is CC1(C)N(C(=O)c2ccccc2)C(C)(C)C(C)(C)N(C(=O)c2c[nH]c3ncccc23)C1(C)C. The van der Waals surface area contributed by atoms with E-state index in [9.17, 15) is 9.59 Å². The molecule has 0 aliphatic carbocycles. The maximum atomic E-state index is 14.2. The van der Waals surface area contributed by atoms with E-state index in [0.717, 1.165) is 5.39 Å². The molecule has 0 bridgehead atoms. The molecule has 4 rings (SSSR count). The van der Waals surface area contributed by atoms with Crippen LogP contribution in [0.25, 0.3) is 11.0 Å². The van der Waals surface area contributed by atoms with Gasteiger partial charge in [0.2, 0.25) is 0 Å². The summed E-state index contributed by atoms with van der Waals surface area (Å²) in [7, 11) is 0. The van der Waals surface area contributed by atoms with Gasteiger partial charge in [-0.1, -0.05) is 18.2 Å². The van der Waals surface area contributed by atoms with Crippen LogP contribution in [-0.4, -0.2) is 53.7 Å². The highest BCUT2D eigenvalue weighted by molar-refractivity contribution is 6.07. The monoisotopic (exact) mass is 446 g/mol. The third-order valence-corrected chi connectivity index (χ3v) is 8.34. The predicted molar refractivity (Wildman–Crippen MR) is 131 cm³/mol. The van der Waals surface area contributed by atoms with Crippen molar-refractivity contribution in [2.45, 2.75) is 77.5 Å². The van der Waals surface area contributed by atoms with Gasteiger partial charge in [-0.25, -0.2) is 4.98 Å². The molecule has 3 aromatic rings. The van der Waals surface area contributed by atoms with Crippen LogP contribution in [0.4, 0.5) is 0 Å². The van der Waals surface area contributed by atoms with Crippen molar-refractivity contribution in [2.75, 3.05) is 0 Å². The lowest BCUT2D eigenvalue weighted by Crippen LogP contribution is -2.85. The van der Waals surface area contributed by atoms with Crippen molar-refractivity contribution in [2.24, 2.45) is 0 Å². The Kier molecular flexibility index (Phi) is 5.00. The first-order valence-electron chi connectivity index (χ1n) is 11.4. The molecule has 33 heavy (non-hydrogen) atoms. The summed E-state index contributed by atoms with van der Waals surface area (Å²) >= 11 is 0. The first-order chi connectivity index (χ1) is 15.3. The fraction of sp³-hybridized carbons (Fsp3) is 0.444. The van der Waals surface area contributed by atoms with E-state index in [-0.39, 0.29) is 11.8 Å². The molecule has 0 atom stereocenters. The second kappa shape index (κ2) is 7.17. The van der Waals surface area contributed by atoms with Gasteiger partial charge in [-0.05, 0) is 79.7 Å². The number of piperazine rings is 1. The van der Waals surface area contributed by atoms with Crippen molar-refractivity contribution in [3.8, 4) is 0 Å². The summed E-state index contributed by atoms with van der Waals surface area (Å²) in [6.07, 6.45) is 3.45. The number of fused-ring (bicyclic) bond motifs is 1. The molecule has 0 unspecified atom stereocenters. The Morgan fingerprint density at radius 2 is 1.24 bits per heavy atom. The van der Waals surface area contributed by atoms with Crippen molar-refractivity contribution in [1.29, 1.82) is 0 Å². The number of rotatable bonds is 2. The van der Waals surface area contributed by atoms with Gasteiger partial charge in [0.1, 0.15) is 5.65 Å². The Labute approximate surface area is 196 Å². The topological polar surface area (TPSA) is 69.3 Å². The Balaban J connectivity index is 1.88. The van der Waals surface area contributed by atoms with Crippen LogP contribution < -0.4 is 0 Å². The Morgan fingerprint density at radius 1 is 0.727 bits per heavy atom. The van der Waals surface area contributed by atoms with Crippen LogP contribution in [0.3, 0.4) is 0 Å². The lowest BCUT2D eigenvalue weighted by atomic mass is 9.64. The van der Waals surface area contributed by atoms with Crippen LogP contribution in [0.1, 0.15) is 76.1 Å². The van der Waals surface area contributed by atoms with Gasteiger partial charge in [-0.15, -0.1) is 0 Å². The van der Waals surface area contributed by atoms with Crippen LogP contribution >= 0.6 is 0 Å². The summed E-state index contributed by atoms with van der Waals surface area (Å²) in [6, 6.07) is 13.1. The third-order valence-electron chi connectivity index (χ3n) is 8.34. The third kappa shape index (κ3) is 3.03. The molecule has 6 nitrogen and oxygen atoms in total. The number of H-pyrrole nitrogens is 1. The van der Waals surface area contributed by atoms with E-state index in [1.807, 2.05) is 52.3 Å². The summed E-state index contributed by atoms with van der Waals surface area (Å²) in [5.41, 5.74) is -0.773. The maximum Gasteiger partial charge on any atom is 0.257 e. The molecule has 174 valence electrons. The minimum absolute atomic E-state index is 0.0323. The largest absolute Gasteiger partial charge is 0.345 e. The second-order valence-corrected chi connectivity index (χ2v) is 11.0. The number of amides is 2. The Hall–Kier alpha value is -3.15. The highest BCUT2D eigenvalue weighted by atomic mass is 16.2. The van der Waals surface area contributed by atoms with Crippen molar-refractivity contribution in [1.82, 2.24) is 19.8 Å². The Morgan fingerprint density at radius 3 is 1.79 bits per heavy atom. The van der Waals surface area contributed by atoms with E-state index in [1.165, 1.54) is 0 Å². The number of pyridine rings is 1. The number of carbonyl (C=O) groups excluding carboxylic acids is 2. The first kappa shape index (κ1) is 23.0. The average molecular weight is 447 g/mol. The number of aromatic amines is 1. The lowest BCUT2D eigenvalue weighted by Gasteiger charge is -2.71. The van der Waals surface area contributed by atoms with Crippen molar-refractivity contribution in [3.05, 3.63) is 66.0 Å².